The van der Waals surface area contributed by atoms with Gasteiger partial charge in [-0.25, -0.2) is 0 Å². The zero-order valence-corrected chi connectivity index (χ0v) is 13.4. The van der Waals surface area contributed by atoms with Gasteiger partial charge in [0.15, 0.2) is 0 Å². The third-order valence-electron chi connectivity index (χ3n) is 4.21. The molecule has 0 radical (unpaired) electrons. The van der Waals surface area contributed by atoms with E-state index in [-0.39, 0.29) is 12.2 Å². The fraction of sp³-hybridized carbons (Fsp3) is 0.938. The standard InChI is InChI=1S/C16H32N2O/c1-6-8-9-10-11-13(5)18-15(12(3)4)17-14(7-2)16(18)19/h12-15,17H,6-11H2,1-5H3. The van der Waals surface area contributed by atoms with Crippen molar-refractivity contribution in [1.29, 1.82) is 0 Å². The van der Waals surface area contributed by atoms with Crippen LogP contribution in [0.15, 0.2) is 0 Å². The van der Waals surface area contributed by atoms with E-state index in [2.05, 4.69) is 44.8 Å². The van der Waals surface area contributed by atoms with Gasteiger partial charge in [-0.1, -0.05) is 53.4 Å². The third kappa shape index (κ3) is 4.20. The van der Waals surface area contributed by atoms with Gasteiger partial charge in [0.25, 0.3) is 0 Å². The lowest BCUT2D eigenvalue weighted by molar-refractivity contribution is -0.132. The Morgan fingerprint density at radius 2 is 1.84 bits per heavy atom. The van der Waals surface area contributed by atoms with Crippen molar-refractivity contribution in [3.63, 3.8) is 0 Å². The van der Waals surface area contributed by atoms with Crippen LogP contribution in [0.1, 0.15) is 73.1 Å². The molecule has 3 unspecified atom stereocenters. The summed E-state index contributed by atoms with van der Waals surface area (Å²) in [6.07, 6.45) is 7.35. The summed E-state index contributed by atoms with van der Waals surface area (Å²) >= 11 is 0. The summed E-state index contributed by atoms with van der Waals surface area (Å²) in [6.45, 7) is 10.9. The molecule has 1 saturated heterocycles. The molecule has 1 amide bonds. The highest BCUT2D eigenvalue weighted by Gasteiger charge is 2.41. The summed E-state index contributed by atoms with van der Waals surface area (Å²) in [5, 5.41) is 3.50. The van der Waals surface area contributed by atoms with Crippen molar-refractivity contribution in [3.8, 4) is 0 Å². The molecule has 112 valence electrons. The van der Waals surface area contributed by atoms with Gasteiger partial charge in [-0.3, -0.25) is 10.1 Å². The van der Waals surface area contributed by atoms with E-state index in [0.717, 1.165) is 12.8 Å². The molecule has 0 bridgehead atoms. The quantitative estimate of drug-likeness (QED) is 0.683. The van der Waals surface area contributed by atoms with Gasteiger partial charge in [0.1, 0.15) is 0 Å². The first-order valence-corrected chi connectivity index (χ1v) is 8.11. The van der Waals surface area contributed by atoms with Crippen LogP contribution in [0.2, 0.25) is 0 Å². The fourth-order valence-electron chi connectivity index (χ4n) is 2.98. The molecule has 0 aromatic heterocycles. The van der Waals surface area contributed by atoms with Gasteiger partial charge >= 0.3 is 0 Å². The third-order valence-corrected chi connectivity index (χ3v) is 4.21. The van der Waals surface area contributed by atoms with Crippen LogP contribution in [0.5, 0.6) is 0 Å². The minimum atomic E-state index is 0.0329. The van der Waals surface area contributed by atoms with Crippen molar-refractivity contribution < 1.29 is 4.79 Å². The van der Waals surface area contributed by atoms with E-state index in [4.69, 9.17) is 0 Å². The Hall–Kier alpha value is -0.570. The number of hydrogen-bond donors (Lipinski definition) is 1. The van der Waals surface area contributed by atoms with Crippen LogP contribution in [-0.2, 0) is 4.79 Å². The van der Waals surface area contributed by atoms with Crippen LogP contribution in [0.3, 0.4) is 0 Å². The maximum atomic E-state index is 12.4. The second-order valence-corrected chi connectivity index (χ2v) is 6.26. The first-order valence-electron chi connectivity index (χ1n) is 8.11. The van der Waals surface area contributed by atoms with Crippen LogP contribution >= 0.6 is 0 Å². The zero-order chi connectivity index (χ0) is 14.4. The molecule has 1 aliphatic heterocycles. The van der Waals surface area contributed by atoms with Crippen LogP contribution in [0.4, 0.5) is 0 Å². The zero-order valence-electron chi connectivity index (χ0n) is 13.4. The number of nitrogens with zero attached hydrogens (tertiary/aromatic N) is 1. The minimum Gasteiger partial charge on any atom is -0.323 e. The predicted octanol–water partition coefficient (Wildman–Crippen LogP) is 3.54. The first-order chi connectivity index (χ1) is 9.02. The number of unbranched alkanes of at least 4 members (excludes halogenated alkanes) is 3. The number of nitrogens with one attached hydrogen (secondary N) is 1. The largest absolute Gasteiger partial charge is 0.323 e. The second kappa shape index (κ2) is 7.88. The molecule has 0 aromatic carbocycles. The van der Waals surface area contributed by atoms with E-state index >= 15 is 0 Å². The molecule has 19 heavy (non-hydrogen) atoms. The molecule has 1 fully saturated rings. The average molecular weight is 268 g/mol. The summed E-state index contributed by atoms with van der Waals surface area (Å²) in [6, 6.07) is 0.395. The molecule has 0 aromatic rings. The highest BCUT2D eigenvalue weighted by Crippen LogP contribution is 2.24. The van der Waals surface area contributed by atoms with Crippen molar-refractivity contribution in [2.45, 2.75) is 91.4 Å². The molecule has 1 N–H and O–H groups in total. The average Bonchev–Trinajstić information content (AvgIpc) is 2.71. The lowest BCUT2D eigenvalue weighted by Crippen LogP contribution is -2.46. The van der Waals surface area contributed by atoms with E-state index in [0.29, 0.717) is 17.9 Å². The highest BCUT2D eigenvalue weighted by molar-refractivity contribution is 5.84. The Bertz CT molecular complexity index is 278. The van der Waals surface area contributed by atoms with Gasteiger partial charge in [-0.05, 0) is 25.7 Å². The van der Waals surface area contributed by atoms with Gasteiger partial charge in [0, 0.05) is 6.04 Å². The first kappa shape index (κ1) is 16.5. The van der Waals surface area contributed by atoms with Crippen LogP contribution in [-0.4, -0.2) is 29.1 Å². The molecule has 3 heteroatoms. The van der Waals surface area contributed by atoms with Crippen LogP contribution in [0.25, 0.3) is 0 Å². The van der Waals surface area contributed by atoms with E-state index in [1.54, 1.807) is 0 Å². The molecular weight excluding hydrogens is 236 g/mol. The lowest BCUT2D eigenvalue weighted by Gasteiger charge is -2.32. The Balaban J connectivity index is 2.58. The van der Waals surface area contributed by atoms with Gasteiger partial charge in [-0.15, -0.1) is 0 Å². The van der Waals surface area contributed by atoms with Gasteiger partial charge < -0.3 is 4.90 Å². The fourth-order valence-corrected chi connectivity index (χ4v) is 2.98. The molecule has 0 spiro atoms. The number of hydrogen-bond acceptors (Lipinski definition) is 2. The lowest BCUT2D eigenvalue weighted by atomic mass is 10.0. The molecule has 3 atom stereocenters. The summed E-state index contributed by atoms with van der Waals surface area (Å²) in [5.41, 5.74) is 0. The van der Waals surface area contributed by atoms with E-state index in [9.17, 15) is 4.79 Å². The Labute approximate surface area is 119 Å². The summed E-state index contributed by atoms with van der Waals surface area (Å²) in [4.78, 5) is 14.6. The van der Waals surface area contributed by atoms with Gasteiger partial charge in [-0.2, -0.15) is 0 Å². The number of carbonyl (C=O) groups is 1. The molecule has 1 heterocycles. The van der Waals surface area contributed by atoms with E-state index < -0.39 is 0 Å². The van der Waals surface area contributed by atoms with Crippen molar-refractivity contribution in [2.75, 3.05) is 0 Å². The molecule has 3 nitrogen and oxygen atoms in total. The van der Waals surface area contributed by atoms with Gasteiger partial charge in [0.2, 0.25) is 5.91 Å². The van der Waals surface area contributed by atoms with Gasteiger partial charge in [0.05, 0.1) is 12.2 Å². The van der Waals surface area contributed by atoms with Crippen molar-refractivity contribution in [3.05, 3.63) is 0 Å². The van der Waals surface area contributed by atoms with Crippen LogP contribution < -0.4 is 5.32 Å². The Morgan fingerprint density at radius 1 is 1.16 bits per heavy atom. The number of rotatable bonds is 8. The molecule has 1 aliphatic rings. The Kier molecular flexibility index (Phi) is 6.84. The monoisotopic (exact) mass is 268 g/mol. The Morgan fingerprint density at radius 3 is 2.37 bits per heavy atom. The van der Waals surface area contributed by atoms with Crippen LogP contribution in [0, 0.1) is 5.92 Å². The molecule has 0 saturated carbocycles. The summed E-state index contributed by atoms with van der Waals surface area (Å²) in [5.74, 6) is 0.780. The second-order valence-electron chi connectivity index (χ2n) is 6.26. The minimum absolute atomic E-state index is 0.0329. The molecule has 1 rings (SSSR count). The molecular formula is C16H32N2O. The molecule has 0 aliphatic carbocycles. The normalized spacial score (nSPS) is 25.4. The summed E-state index contributed by atoms with van der Waals surface area (Å²) in [7, 11) is 0. The maximum absolute atomic E-state index is 12.4. The smallest absolute Gasteiger partial charge is 0.241 e. The van der Waals surface area contributed by atoms with Crippen molar-refractivity contribution in [1.82, 2.24) is 10.2 Å². The maximum Gasteiger partial charge on any atom is 0.241 e. The van der Waals surface area contributed by atoms with E-state index in [1.165, 1.54) is 25.7 Å². The topological polar surface area (TPSA) is 32.3 Å². The number of carbonyl (C=O) groups excluding carboxylic acids is 1. The van der Waals surface area contributed by atoms with Crippen molar-refractivity contribution >= 4 is 5.91 Å². The summed E-state index contributed by atoms with van der Waals surface area (Å²) < 4.78 is 0. The van der Waals surface area contributed by atoms with E-state index in [1.807, 2.05) is 0 Å². The number of amides is 1. The van der Waals surface area contributed by atoms with Crippen molar-refractivity contribution in [2.24, 2.45) is 5.92 Å². The highest BCUT2D eigenvalue weighted by atomic mass is 16.2. The SMILES string of the molecule is CCCCCCC(C)N1C(=O)C(CC)NC1C(C)C. The predicted molar refractivity (Wildman–Crippen MR) is 80.9 cm³/mol.